The van der Waals surface area contributed by atoms with E-state index in [9.17, 15) is 22.8 Å². The second-order valence-electron chi connectivity index (χ2n) is 9.47. The molecule has 0 saturated carbocycles. The lowest BCUT2D eigenvalue weighted by Gasteiger charge is -2.27. The van der Waals surface area contributed by atoms with Gasteiger partial charge >= 0.3 is 6.18 Å². The molecule has 3 aromatic heterocycles. The minimum absolute atomic E-state index is 0.0698. The quantitative estimate of drug-likeness (QED) is 0.386. The van der Waals surface area contributed by atoms with E-state index in [1.54, 1.807) is 36.2 Å². The SMILES string of the molecule is CNc1ccn(-c2ccnc3c2cc(CN2CC=C(c4ccc(C(N)=O)cc4C(F)(F)F)CC2)n3C)c(=O)c1. The van der Waals surface area contributed by atoms with Crippen molar-refractivity contribution in [3.05, 3.63) is 93.7 Å². The molecule has 8 nitrogen and oxygen atoms in total. The summed E-state index contributed by atoms with van der Waals surface area (Å²) in [4.78, 5) is 30.8. The van der Waals surface area contributed by atoms with Crippen molar-refractivity contribution in [3.63, 3.8) is 0 Å². The number of amides is 1. The summed E-state index contributed by atoms with van der Waals surface area (Å²) in [5.74, 6) is -0.900. The number of hydrogen-bond acceptors (Lipinski definition) is 5. The van der Waals surface area contributed by atoms with Crippen LogP contribution in [-0.2, 0) is 19.8 Å². The van der Waals surface area contributed by atoms with Gasteiger partial charge in [-0.25, -0.2) is 4.98 Å². The van der Waals surface area contributed by atoms with Gasteiger partial charge in [-0.2, -0.15) is 13.2 Å². The number of nitrogens with one attached hydrogen (secondary N) is 1. The van der Waals surface area contributed by atoms with Crippen LogP contribution in [0.25, 0.3) is 22.3 Å². The van der Waals surface area contributed by atoms with Gasteiger partial charge in [0, 0.05) is 74.5 Å². The molecular formula is C28H27F3N6O2. The third kappa shape index (κ3) is 5.05. The van der Waals surface area contributed by atoms with E-state index in [4.69, 9.17) is 5.73 Å². The van der Waals surface area contributed by atoms with Crippen molar-refractivity contribution in [2.24, 2.45) is 12.8 Å². The first kappa shape index (κ1) is 26.2. The van der Waals surface area contributed by atoms with Crippen molar-refractivity contribution in [3.8, 4) is 5.69 Å². The number of halogens is 3. The van der Waals surface area contributed by atoms with Crippen molar-refractivity contribution in [2.75, 3.05) is 25.5 Å². The van der Waals surface area contributed by atoms with Crippen LogP contribution in [0.15, 0.2) is 65.7 Å². The Balaban J connectivity index is 1.41. The summed E-state index contributed by atoms with van der Waals surface area (Å²) in [6, 6.07) is 10.6. The van der Waals surface area contributed by atoms with Crippen LogP contribution < -0.4 is 16.6 Å². The van der Waals surface area contributed by atoms with Crippen molar-refractivity contribution in [1.82, 2.24) is 19.0 Å². The average molecular weight is 537 g/mol. The van der Waals surface area contributed by atoms with Crippen LogP contribution in [0.5, 0.6) is 0 Å². The number of aromatic nitrogens is 3. The lowest BCUT2D eigenvalue weighted by Crippen LogP contribution is -2.29. The summed E-state index contributed by atoms with van der Waals surface area (Å²) in [7, 11) is 3.66. The van der Waals surface area contributed by atoms with E-state index < -0.39 is 17.6 Å². The molecule has 1 aliphatic rings. The van der Waals surface area contributed by atoms with Crippen LogP contribution in [0.2, 0.25) is 0 Å². The molecule has 0 aliphatic carbocycles. The van der Waals surface area contributed by atoms with Crippen molar-refractivity contribution in [2.45, 2.75) is 19.1 Å². The molecule has 39 heavy (non-hydrogen) atoms. The summed E-state index contributed by atoms with van der Waals surface area (Å²) >= 11 is 0. The number of carbonyl (C=O) groups is 1. The maximum absolute atomic E-state index is 13.8. The second kappa shape index (κ2) is 10.1. The van der Waals surface area contributed by atoms with Gasteiger partial charge in [0.1, 0.15) is 5.65 Å². The van der Waals surface area contributed by atoms with E-state index in [0.29, 0.717) is 31.6 Å². The smallest absolute Gasteiger partial charge is 0.388 e. The largest absolute Gasteiger partial charge is 0.417 e. The molecule has 3 N–H and O–H groups in total. The molecular weight excluding hydrogens is 509 g/mol. The Kier molecular flexibility index (Phi) is 6.77. The Morgan fingerprint density at radius 2 is 1.95 bits per heavy atom. The zero-order valence-corrected chi connectivity index (χ0v) is 21.4. The molecule has 11 heteroatoms. The minimum Gasteiger partial charge on any atom is -0.388 e. The minimum atomic E-state index is -4.61. The molecule has 4 aromatic rings. The van der Waals surface area contributed by atoms with Gasteiger partial charge in [-0.3, -0.25) is 19.1 Å². The van der Waals surface area contributed by atoms with E-state index in [2.05, 4.69) is 15.2 Å². The number of fused-ring (bicyclic) bond motifs is 1. The fourth-order valence-corrected chi connectivity index (χ4v) is 4.99. The van der Waals surface area contributed by atoms with E-state index >= 15 is 0 Å². The Morgan fingerprint density at radius 3 is 2.59 bits per heavy atom. The fraction of sp³-hybridized carbons (Fsp3) is 0.250. The molecule has 0 unspecified atom stereocenters. The van der Waals surface area contributed by atoms with Gasteiger partial charge in [-0.05, 0) is 47.9 Å². The molecule has 0 spiro atoms. The molecule has 0 bridgehead atoms. The first-order valence-corrected chi connectivity index (χ1v) is 12.3. The Hall–Kier alpha value is -4.38. The summed E-state index contributed by atoms with van der Waals surface area (Å²) in [5.41, 5.74) is 7.77. The van der Waals surface area contributed by atoms with Crippen LogP contribution in [0.4, 0.5) is 18.9 Å². The Labute approximate surface area is 222 Å². The van der Waals surface area contributed by atoms with Crippen LogP contribution in [0.3, 0.4) is 0 Å². The first-order chi connectivity index (χ1) is 18.6. The number of primary amides is 1. The monoisotopic (exact) mass is 536 g/mol. The molecule has 5 rings (SSSR count). The number of alkyl halides is 3. The number of nitrogens with zero attached hydrogens (tertiary/aromatic N) is 4. The predicted molar refractivity (Wildman–Crippen MR) is 144 cm³/mol. The molecule has 1 amide bonds. The molecule has 0 atom stereocenters. The van der Waals surface area contributed by atoms with Crippen LogP contribution >= 0.6 is 0 Å². The summed E-state index contributed by atoms with van der Waals surface area (Å²) in [5, 5.41) is 3.78. The van der Waals surface area contributed by atoms with Gasteiger partial charge in [0.15, 0.2) is 0 Å². The molecule has 0 fully saturated rings. The van der Waals surface area contributed by atoms with Crippen molar-refractivity contribution in [1.29, 1.82) is 0 Å². The van der Waals surface area contributed by atoms with Crippen LogP contribution in [0.1, 0.15) is 33.6 Å². The van der Waals surface area contributed by atoms with Crippen molar-refractivity contribution < 1.29 is 18.0 Å². The number of benzene rings is 1. The summed E-state index contributed by atoms with van der Waals surface area (Å²) < 4.78 is 44.8. The number of anilines is 1. The molecule has 0 radical (unpaired) electrons. The fourth-order valence-electron chi connectivity index (χ4n) is 4.99. The summed E-state index contributed by atoms with van der Waals surface area (Å²) in [6.07, 6.45) is 0.990. The maximum atomic E-state index is 13.8. The number of pyridine rings is 2. The van der Waals surface area contributed by atoms with Gasteiger partial charge < -0.3 is 15.6 Å². The summed E-state index contributed by atoms with van der Waals surface area (Å²) in [6.45, 7) is 1.56. The average Bonchev–Trinajstić information content (AvgIpc) is 3.23. The number of carbonyl (C=O) groups excluding carboxylic acids is 1. The molecule has 4 heterocycles. The number of rotatable bonds is 6. The van der Waals surface area contributed by atoms with E-state index in [1.165, 1.54) is 18.2 Å². The van der Waals surface area contributed by atoms with E-state index in [-0.39, 0.29) is 16.7 Å². The third-order valence-corrected chi connectivity index (χ3v) is 7.11. The zero-order valence-electron chi connectivity index (χ0n) is 21.4. The highest BCUT2D eigenvalue weighted by molar-refractivity contribution is 5.93. The zero-order chi connectivity index (χ0) is 27.9. The standard InChI is InChI=1S/C28H27F3N6O2/c1-33-19-8-12-37(25(38)14-19)24-5-9-34-27-22(24)15-20(35(27)2)16-36-10-6-17(7-11-36)21-4-3-18(26(32)39)13-23(21)28(29,30)31/h3-6,8-9,12-15,33H,7,10-11,16H2,1-2H3,(H2,32,39). The first-order valence-electron chi connectivity index (χ1n) is 12.3. The van der Waals surface area contributed by atoms with Crippen molar-refractivity contribution >= 4 is 28.2 Å². The van der Waals surface area contributed by atoms with Gasteiger partial charge in [0.05, 0.1) is 11.3 Å². The predicted octanol–water partition coefficient (Wildman–Crippen LogP) is 4.17. The van der Waals surface area contributed by atoms with E-state index in [0.717, 1.165) is 34.2 Å². The normalized spacial score (nSPS) is 14.4. The lowest BCUT2D eigenvalue weighted by atomic mass is 9.93. The Bertz CT molecular complexity index is 1670. The molecule has 0 saturated heterocycles. The molecule has 1 aromatic carbocycles. The Morgan fingerprint density at radius 1 is 1.15 bits per heavy atom. The lowest BCUT2D eigenvalue weighted by molar-refractivity contribution is -0.137. The van der Waals surface area contributed by atoms with Gasteiger partial charge in [-0.15, -0.1) is 0 Å². The number of nitrogens with two attached hydrogens (primary N) is 1. The number of aryl methyl sites for hydroxylation is 1. The maximum Gasteiger partial charge on any atom is 0.417 e. The van der Waals surface area contributed by atoms with Crippen LogP contribution in [-0.4, -0.2) is 45.1 Å². The molecule has 1 aliphatic heterocycles. The highest BCUT2D eigenvalue weighted by Crippen LogP contribution is 2.37. The van der Waals surface area contributed by atoms with Crippen LogP contribution in [0, 0.1) is 0 Å². The van der Waals surface area contributed by atoms with E-state index in [1.807, 2.05) is 23.7 Å². The van der Waals surface area contributed by atoms with Gasteiger partial charge in [0.25, 0.3) is 5.56 Å². The topological polar surface area (TPSA) is 98.2 Å². The van der Waals surface area contributed by atoms with Gasteiger partial charge in [0.2, 0.25) is 5.91 Å². The highest BCUT2D eigenvalue weighted by Gasteiger charge is 2.35. The highest BCUT2D eigenvalue weighted by atomic mass is 19.4. The van der Waals surface area contributed by atoms with Gasteiger partial charge in [-0.1, -0.05) is 12.1 Å². The molecule has 202 valence electrons. The second-order valence-corrected chi connectivity index (χ2v) is 9.47. The third-order valence-electron chi connectivity index (χ3n) is 7.11. The number of hydrogen-bond donors (Lipinski definition) is 2.